The van der Waals surface area contributed by atoms with Gasteiger partial charge in [0.05, 0.1) is 16.9 Å². The second-order valence-corrected chi connectivity index (χ2v) is 5.41. The largest absolute Gasteiger partial charge is 0.396 e. The van der Waals surface area contributed by atoms with Gasteiger partial charge in [-0.25, -0.2) is 0 Å². The minimum atomic E-state index is 0.788. The van der Waals surface area contributed by atoms with Gasteiger partial charge in [-0.15, -0.1) is 0 Å². The molecule has 1 aromatic heterocycles. The SMILES string of the molecule is Cc1cccc(CN(C)c2ccc3ncccc3c2N)c1. The standard InChI is InChI=1S/C18H19N3/c1-13-5-3-6-14(11-13)12-21(2)17-9-8-16-15(18(17)19)7-4-10-20-16/h3-11H,12,19H2,1-2H3. The van der Waals surface area contributed by atoms with Gasteiger partial charge in [0.1, 0.15) is 0 Å². The molecular formula is C18H19N3. The minimum Gasteiger partial charge on any atom is -0.396 e. The van der Waals surface area contributed by atoms with Crippen molar-refractivity contribution in [3.05, 3.63) is 65.9 Å². The van der Waals surface area contributed by atoms with Crippen LogP contribution in [0.25, 0.3) is 10.9 Å². The first kappa shape index (κ1) is 13.4. The smallest absolute Gasteiger partial charge is 0.0724 e. The molecule has 21 heavy (non-hydrogen) atoms. The summed E-state index contributed by atoms with van der Waals surface area (Å²) in [4.78, 5) is 6.52. The predicted molar refractivity (Wildman–Crippen MR) is 89.4 cm³/mol. The van der Waals surface area contributed by atoms with Crippen LogP contribution in [0.1, 0.15) is 11.1 Å². The third kappa shape index (κ3) is 2.68. The number of nitrogen functional groups attached to an aromatic ring is 1. The van der Waals surface area contributed by atoms with Gasteiger partial charge >= 0.3 is 0 Å². The summed E-state index contributed by atoms with van der Waals surface area (Å²) in [5.74, 6) is 0. The highest BCUT2D eigenvalue weighted by Crippen LogP contribution is 2.30. The van der Waals surface area contributed by atoms with Crippen LogP contribution in [0.15, 0.2) is 54.7 Å². The number of rotatable bonds is 3. The number of aryl methyl sites for hydroxylation is 1. The second-order valence-electron chi connectivity index (χ2n) is 5.41. The van der Waals surface area contributed by atoms with Gasteiger partial charge in [-0.05, 0) is 36.8 Å². The molecule has 1 heterocycles. The molecule has 0 spiro atoms. The first-order valence-electron chi connectivity index (χ1n) is 7.05. The molecule has 2 N–H and O–H groups in total. The lowest BCUT2D eigenvalue weighted by molar-refractivity contribution is 0.924. The van der Waals surface area contributed by atoms with Gasteiger partial charge in [0.15, 0.2) is 0 Å². The molecule has 3 nitrogen and oxygen atoms in total. The zero-order chi connectivity index (χ0) is 14.8. The van der Waals surface area contributed by atoms with Gasteiger partial charge < -0.3 is 10.6 Å². The van der Waals surface area contributed by atoms with Crippen LogP contribution in [0, 0.1) is 6.92 Å². The maximum absolute atomic E-state index is 6.32. The fourth-order valence-electron chi connectivity index (χ4n) is 2.67. The third-order valence-electron chi connectivity index (χ3n) is 3.72. The lowest BCUT2D eigenvalue weighted by atomic mass is 10.1. The van der Waals surface area contributed by atoms with E-state index in [1.54, 1.807) is 6.20 Å². The topological polar surface area (TPSA) is 42.2 Å². The van der Waals surface area contributed by atoms with E-state index >= 15 is 0 Å². The number of aromatic nitrogens is 1. The van der Waals surface area contributed by atoms with Crippen molar-refractivity contribution >= 4 is 22.3 Å². The van der Waals surface area contributed by atoms with E-state index in [2.05, 4.69) is 48.1 Å². The Kier molecular flexibility index (Phi) is 3.48. The Morgan fingerprint density at radius 2 is 1.95 bits per heavy atom. The van der Waals surface area contributed by atoms with Crippen molar-refractivity contribution in [2.45, 2.75) is 13.5 Å². The highest BCUT2D eigenvalue weighted by molar-refractivity contribution is 5.97. The molecule has 0 bridgehead atoms. The number of nitrogens with two attached hydrogens (primary N) is 1. The number of pyridine rings is 1. The normalized spacial score (nSPS) is 10.8. The van der Waals surface area contributed by atoms with E-state index in [9.17, 15) is 0 Å². The van der Waals surface area contributed by atoms with Crippen LogP contribution in [0.4, 0.5) is 11.4 Å². The van der Waals surface area contributed by atoms with Crippen molar-refractivity contribution in [1.29, 1.82) is 0 Å². The maximum atomic E-state index is 6.32. The summed E-state index contributed by atoms with van der Waals surface area (Å²) >= 11 is 0. The van der Waals surface area contributed by atoms with Gasteiger partial charge in [0.2, 0.25) is 0 Å². The number of hydrogen-bond acceptors (Lipinski definition) is 3. The van der Waals surface area contributed by atoms with Crippen LogP contribution in [0.3, 0.4) is 0 Å². The number of fused-ring (bicyclic) bond motifs is 1. The summed E-state index contributed by atoms with van der Waals surface area (Å²) in [5, 5.41) is 1.01. The first-order valence-corrected chi connectivity index (χ1v) is 7.05. The Balaban J connectivity index is 1.94. The van der Waals surface area contributed by atoms with Crippen LogP contribution in [0.2, 0.25) is 0 Å². The van der Waals surface area contributed by atoms with E-state index < -0.39 is 0 Å². The van der Waals surface area contributed by atoms with Crippen LogP contribution < -0.4 is 10.6 Å². The fourth-order valence-corrected chi connectivity index (χ4v) is 2.67. The van der Waals surface area contributed by atoms with Crippen LogP contribution in [0.5, 0.6) is 0 Å². The summed E-state index contributed by atoms with van der Waals surface area (Å²) in [6.07, 6.45) is 1.79. The maximum Gasteiger partial charge on any atom is 0.0724 e. The Labute approximate surface area is 125 Å². The van der Waals surface area contributed by atoms with E-state index in [4.69, 9.17) is 5.73 Å². The number of hydrogen-bond donors (Lipinski definition) is 1. The number of benzene rings is 2. The molecule has 0 aliphatic rings. The fraction of sp³-hybridized carbons (Fsp3) is 0.167. The zero-order valence-corrected chi connectivity index (χ0v) is 12.4. The molecule has 0 fully saturated rings. The Morgan fingerprint density at radius 1 is 1.10 bits per heavy atom. The summed E-state index contributed by atoms with van der Waals surface area (Å²) in [5.41, 5.74) is 11.6. The van der Waals surface area contributed by atoms with Gasteiger partial charge in [-0.2, -0.15) is 0 Å². The van der Waals surface area contributed by atoms with E-state index in [0.717, 1.165) is 28.8 Å². The van der Waals surface area contributed by atoms with Gasteiger partial charge in [-0.1, -0.05) is 29.8 Å². The second kappa shape index (κ2) is 5.44. The van der Waals surface area contributed by atoms with E-state index in [0.29, 0.717) is 0 Å². The Morgan fingerprint density at radius 3 is 2.76 bits per heavy atom. The van der Waals surface area contributed by atoms with Crippen molar-refractivity contribution in [3.8, 4) is 0 Å². The van der Waals surface area contributed by atoms with E-state index in [-0.39, 0.29) is 0 Å². The number of nitrogens with zero attached hydrogens (tertiary/aromatic N) is 2. The molecule has 0 saturated heterocycles. The molecule has 3 rings (SSSR count). The first-order chi connectivity index (χ1) is 10.1. The van der Waals surface area contributed by atoms with E-state index in [1.165, 1.54) is 11.1 Å². The lowest BCUT2D eigenvalue weighted by Gasteiger charge is -2.22. The average molecular weight is 277 g/mol. The molecule has 0 aliphatic carbocycles. The molecule has 3 aromatic rings. The summed E-state index contributed by atoms with van der Waals surface area (Å²) in [6.45, 7) is 2.94. The monoisotopic (exact) mass is 277 g/mol. The van der Waals surface area contributed by atoms with Gasteiger partial charge in [0, 0.05) is 25.2 Å². The molecule has 0 aliphatic heterocycles. The van der Waals surface area contributed by atoms with Crippen LogP contribution in [-0.4, -0.2) is 12.0 Å². The van der Waals surface area contributed by atoms with Crippen molar-refractivity contribution in [3.63, 3.8) is 0 Å². The van der Waals surface area contributed by atoms with Crippen molar-refractivity contribution in [1.82, 2.24) is 4.98 Å². The molecule has 0 radical (unpaired) electrons. The minimum absolute atomic E-state index is 0.788. The van der Waals surface area contributed by atoms with Gasteiger partial charge in [-0.3, -0.25) is 4.98 Å². The summed E-state index contributed by atoms with van der Waals surface area (Å²) < 4.78 is 0. The van der Waals surface area contributed by atoms with Crippen molar-refractivity contribution in [2.24, 2.45) is 0 Å². The highest BCUT2D eigenvalue weighted by Gasteiger charge is 2.09. The Bertz CT molecular complexity index is 780. The van der Waals surface area contributed by atoms with Crippen molar-refractivity contribution < 1.29 is 0 Å². The molecule has 2 aromatic carbocycles. The Hall–Kier alpha value is -2.55. The van der Waals surface area contributed by atoms with Crippen LogP contribution >= 0.6 is 0 Å². The summed E-state index contributed by atoms with van der Waals surface area (Å²) in [7, 11) is 2.07. The molecule has 0 unspecified atom stereocenters. The molecule has 0 atom stereocenters. The highest BCUT2D eigenvalue weighted by atomic mass is 15.1. The van der Waals surface area contributed by atoms with Crippen molar-refractivity contribution in [2.75, 3.05) is 17.7 Å². The quantitative estimate of drug-likeness (QED) is 0.741. The molecule has 106 valence electrons. The number of anilines is 2. The van der Waals surface area contributed by atoms with E-state index in [1.807, 2.05) is 24.3 Å². The average Bonchev–Trinajstić information content (AvgIpc) is 2.48. The lowest BCUT2D eigenvalue weighted by Crippen LogP contribution is -2.18. The predicted octanol–water partition coefficient (Wildman–Crippen LogP) is 3.76. The molecular weight excluding hydrogens is 258 g/mol. The van der Waals surface area contributed by atoms with Gasteiger partial charge in [0.25, 0.3) is 0 Å². The van der Waals surface area contributed by atoms with Crippen LogP contribution in [-0.2, 0) is 6.54 Å². The molecule has 0 saturated carbocycles. The third-order valence-corrected chi connectivity index (χ3v) is 3.72. The summed E-state index contributed by atoms with van der Waals surface area (Å²) in [6, 6.07) is 16.5. The zero-order valence-electron chi connectivity index (χ0n) is 12.4. The molecule has 0 amide bonds. The molecule has 3 heteroatoms.